The second-order valence-electron chi connectivity index (χ2n) is 3.96. The van der Waals surface area contributed by atoms with E-state index in [0.717, 1.165) is 16.2 Å². The summed E-state index contributed by atoms with van der Waals surface area (Å²) in [4.78, 5) is 2.14. The molecule has 2 N–H and O–H groups in total. The zero-order valence-electron chi connectivity index (χ0n) is 10.2. The third-order valence-electron chi connectivity index (χ3n) is 2.70. The summed E-state index contributed by atoms with van der Waals surface area (Å²) < 4.78 is 0. The molecule has 0 spiro atoms. The van der Waals surface area contributed by atoms with Crippen molar-refractivity contribution >= 4 is 17.4 Å². The third-order valence-corrected chi connectivity index (χ3v) is 3.80. The number of hydrogen-bond donors (Lipinski definition) is 1. The maximum atomic E-state index is 8.79. The van der Waals surface area contributed by atoms with Crippen LogP contribution >= 0.6 is 11.8 Å². The lowest BCUT2D eigenvalue weighted by molar-refractivity contribution is 1.13. The highest BCUT2D eigenvalue weighted by Gasteiger charge is 2.03. The molecule has 3 heteroatoms. The van der Waals surface area contributed by atoms with Crippen molar-refractivity contribution in [2.75, 3.05) is 5.73 Å². The van der Waals surface area contributed by atoms with Crippen molar-refractivity contribution in [3.05, 3.63) is 53.6 Å². The summed E-state index contributed by atoms with van der Waals surface area (Å²) in [7, 11) is 0. The predicted molar refractivity (Wildman–Crippen MR) is 75.5 cm³/mol. The summed E-state index contributed by atoms with van der Waals surface area (Å²) in [5.74, 6) is 0. The molecule has 0 amide bonds. The van der Waals surface area contributed by atoms with Crippen LogP contribution in [0.15, 0.2) is 52.3 Å². The Morgan fingerprint density at radius 2 is 1.89 bits per heavy atom. The van der Waals surface area contributed by atoms with Gasteiger partial charge in [0.15, 0.2) is 0 Å². The van der Waals surface area contributed by atoms with E-state index in [1.807, 2.05) is 6.07 Å². The van der Waals surface area contributed by atoms with E-state index >= 15 is 0 Å². The first-order valence-electron chi connectivity index (χ1n) is 5.79. The summed E-state index contributed by atoms with van der Waals surface area (Å²) >= 11 is 1.62. The number of nitrogens with zero attached hydrogens (tertiary/aromatic N) is 1. The topological polar surface area (TPSA) is 49.8 Å². The number of benzene rings is 2. The normalized spacial score (nSPS) is 10.0. The average molecular weight is 254 g/mol. The molecule has 0 fully saturated rings. The monoisotopic (exact) mass is 254 g/mol. The highest BCUT2D eigenvalue weighted by Crippen LogP contribution is 2.32. The van der Waals surface area contributed by atoms with Crippen molar-refractivity contribution in [3.63, 3.8) is 0 Å². The molecule has 2 aromatic rings. The molecule has 0 saturated heterocycles. The third kappa shape index (κ3) is 2.85. The Labute approximate surface area is 111 Å². The first-order chi connectivity index (χ1) is 8.72. The van der Waals surface area contributed by atoms with Crippen LogP contribution in [0.5, 0.6) is 0 Å². The Kier molecular flexibility index (Phi) is 3.91. The molecule has 0 aliphatic carbocycles. The standard InChI is InChI=1S/C15H14N2S/c1-2-11-3-6-13(7-4-11)18-15-8-5-12(10-16)9-14(15)17/h3-9H,2,17H2,1H3. The van der Waals surface area contributed by atoms with E-state index in [2.05, 4.69) is 37.3 Å². The summed E-state index contributed by atoms with van der Waals surface area (Å²) in [5, 5.41) is 8.79. The first-order valence-corrected chi connectivity index (χ1v) is 6.61. The Balaban J connectivity index is 2.20. The number of aryl methyl sites for hydroxylation is 1. The van der Waals surface area contributed by atoms with Gasteiger partial charge in [0, 0.05) is 15.5 Å². The fourth-order valence-corrected chi connectivity index (χ4v) is 2.47. The highest BCUT2D eigenvalue weighted by atomic mass is 32.2. The summed E-state index contributed by atoms with van der Waals surface area (Å²) in [6, 6.07) is 15.9. The summed E-state index contributed by atoms with van der Waals surface area (Å²) in [5.41, 5.74) is 8.50. The molecule has 0 radical (unpaired) electrons. The average Bonchev–Trinajstić information content (AvgIpc) is 2.42. The summed E-state index contributed by atoms with van der Waals surface area (Å²) in [6.07, 6.45) is 1.05. The lowest BCUT2D eigenvalue weighted by Crippen LogP contribution is -1.89. The van der Waals surface area contributed by atoms with Gasteiger partial charge >= 0.3 is 0 Å². The van der Waals surface area contributed by atoms with Crippen LogP contribution in [0.1, 0.15) is 18.1 Å². The van der Waals surface area contributed by atoms with Crippen LogP contribution in [0.25, 0.3) is 0 Å². The van der Waals surface area contributed by atoms with Crippen LogP contribution in [0.3, 0.4) is 0 Å². The molecule has 0 bridgehead atoms. The molecule has 18 heavy (non-hydrogen) atoms. The van der Waals surface area contributed by atoms with E-state index in [4.69, 9.17) is 11.0 Å². The van der Waals surface area contributed by atoms with Gasteiger partial charge in [0.25, 0.3) is 0 Å². The van der Waals surface area contributed by atoms with Gasteiger partial charge in [-0.15, -0.1) is 0 Å². The van der Waals surface area contributed by atoms with Crippen molar-refractivity contribution in [3.8, 4) is 6.07 Å². The van der Waals surface area contributed by atoms with E-state index in [0.29, 0.717) is 11.3 Å². The number of hydrogen-bond acceptors (Lipinski definition) is 3. The van der Waals surface area contributed by atoms with Gasteiger partial charge in [-0.1, -0.05) is 30.8 Å². The predicted octanol–water partition coefficient (Wildman–Crippen LogP) is 3.85. The smallest absolute Gasteiger partial charge is 0.0992 e. The van der Waals surface area contributed by atoms with Crippen LogP contribution in [-0.2, 0) is 6.42 Å². The quantitative estimate of drug-likeness (QED) is 0.846. The molecule has 90 valence electrons. The molecule has 2 rings (SSSR count). The molecule has 0 aliphatic heterocycles. The maximum absolute atomic E-state index is 8.79. The van der Waals surface area contributed by atoms with Crippen molar-refractivity contribution in [1.29, 1.82) is 5.26 Å². The van der Waals surface area contributed by atoms with Crippen molar-refractivity contribution in [1.82, 2.24) is 0 Å². The van der Waals surface area contributed by atoms with E-state index in [1.165, 1.54) is 5.56 Å². The Hall–Kier alpha value is -1.92. The van der Waals surface area contributed by atoms with Gasteiger partial charge in [-0.2, -0.15) is 5.26 Å². The van der Waals surface area contributed by atoms with Gasteiger partial charge in [0.1, 0.15) is 0 Å². The van der Waals surface area contributed by atoms with Crippen molar-refractivity contribution in [2.45, 2.75) is 23.1 Å². The van der Waals surface area contributed by atoms with E-state index < -0.39 is 0 Å². The number of nitriles is 1. The van der Waals surface area contributed by atoms with E-state index in [-0.39, 0.29) is 0 Å². The van der Waals surface area contributed by atoms with Crippen LogP contribution in [0, 0.1) is 11.3 Å². The van der Waals surface area contributed by atoms with Gasteiger partial charge in [-0.3, -0.25) is 0 Å². The van der Waals surface area contributed by atoms with Crippen molar-refractivity contribution in [2.24, 2.45) is 0 Å². The minimum atomic E-state index is 0.596. The number of anilines is 1. The second kappa shape index (κ2) is 5.61. The molecule has 0 aliphatic rings. The molecule has 0 saturated carbocycles. The SMILES string of the molecule is CCc1ccc(Sc2ccc(C#N)cc2N)cc1. The zero-order chi connectivity index (χ0) is 13.0. The number of nitrogen functional groups attached to an aromatic ring is 1. The van der Waals surface area contributed by atoms with Crippen LogP contribution < -0.4 is 5.73 Å². The largest absolute Gasteiger partial charge is 0.398 e. The summed E-state index contributed by atoms with van der Waals surface area (Å²) in [6.45, 7) is 2.14. The molecule has 2 nitrogen and oxygen atoms in total. The lowest BCUT2D eigenvalue weighted by atomic mass is 10.2. The van der Waals surface area contributed by atoms with Gasteiger partial charge < -0.3 is 5.73 Å². The lowest BCUT2D eigenvalue weighted by Gasteiger charge is -2.06. The number of rotatable bonds is 3. The van der Waals surface area contributed by atoms with Gasteiger partial charge in [0.05, 0.1) is 11.6 Å². The molecule has 0 atom stereocenters. The Morgan fingerprint density at radius 3 is 2.44 bits per heavy atom. The zero-order valence-corrected chi connectivity index (χ0v) is 11.0. The van der Waals surface area contributed by atoms with E-state index in [9.17, 15) is 0 Å². The number of nitrogens with two attached hydrogens (primary N) is 1. The van der Waals surface area contributed by atoms with Gasteiger partial charge in [0.2, 0.25) is 0 Å². The molecule has 0 heterocycles. The van der Waals surface area contributed by atoms with Crippen LogP contribution in [0.2, 0.25) is 0 Å². The first kappa shape index (κ1) is 12.5. The maximum Gasteiger partial charge on any atom is 0.0992 e. The van der Waals surface area contributed by atoms with Crippen LogP contribution in [0.4, 0.5) is 5.69 Å². The van der Waals surface area contributed by atoms with Gasteiger partial charge in [-0.05, 0) is 42.3 Å². The Morgan fingerprint density at radius 1 is 1.17 bits per heavy atom. The fourth-order valence-electron chi connectivity index (χ4n) is 1.63. The molecule has 0 aromatic heterocycles. The van der Waals surface area contributed by atoms with Crippen LogP contribution in [-0.4, -0.2) is 0 Å². The van der Waals surface area contributed by atoms with Gasteiger partial charge in [-0.25, -0.2) is 0 Å². The van der Waals surface area contributed by atoms with Crippen molar-refractivity contribution < 1.29 is 0 Å². The van der Waals surface area contributed by atoms with E-state index in [1.54, 1.807) is 23.9 Å². The molecular weight excluding hydrogens is 240 g/mol. The second-order valence-corrected chi connectivity index (χ2v) is 5.08. The minimum Gasteiger partial charge on any atom is -0.398 e. The Bertz CT molecular complexity index is 582. The minimum absolute atomic E-state index is 0.596. The highest BCUT2D eigenvalue weighted by molar-refractivity contribution is 7.99. The molecule has 0 unspecified atom stereocenters. The fraction of sp³-hybridized carbons (Fsp3) is 0.133. The molecule has 2 aromatic carbocycles. The molecular formula is C15H14N2S.